The predicted molar refractivity (Wildman–Crippen MR) is 110 cm³/mol. The lowest BCUT2D eigenvalue weighted by Gasteiger charge is -2.26. The third-order valence-electron chi connectivity index (χ3n) is 3.96. The van der Waals surface area contributed by atoms with E-state index in [9.17, 15) is 4.79 Å². The van der Waals surface area contributed by atoms with Gasteiger partial charge in [0.05, 0.1) is 19.6 Å². The second kappa shape index (κ2) is 11.3. The van der Waals surface area contributed by atoms with Crippen LogP contribution in [0.1, 0.15) is 18.7 Å². The number of carbonyl (C=O) groups excluding carboxylic acids is 1. The van der Waals surface area contributed by atoms with Crippen LogP contribution in [0.4, 0.5) is 0 Å². The molecule has 0 aliphatic carbocycles. The Morgan fingerprint density at radius 3 is 2.73 bits per heavy atom. The highest BCUT2D eigenvalue weighted by molar-refractivity contribution is 7.15. The predicted octanol–water partition coefficient (Wildman–Crippen LogP) is 4.09. The molecule has 1 amide bonds. The largest absolute Gasteiger partial charge is 0.379 e. The second-order valence-electron chi connectivity index (χ2n) is 5.76. The van der Waals surface area contributed by atoms with Gasteiger partial charge in [0.15, 0.2) is 0 Å². The van der Waals surface area contributed by atoms with Gasteiger partial charge in [0.25, 0.3) is 0 Å². The molecule has 0 radical (unpaired) electrons. The maximum Gasteiger partial charge on any atom is 0.225 e. The van der Waals surface area contributed by atoms with Crippen molar-refractivity contribution >= 4 is 28.8 Å². The van der Waals surface area contributed by atoms with Crippen molar-refractivity contribution < 1.29 is 9.53 Å². The molecule has 0 saturated carbocycles. The van der Waals surface area contributed by atoms with Gasteiger partial charge in [0, 0.05) is 41.0 Å². The number of thiophene rings is 1. The molecule has 1 aromatic heterocycles. The molecular formula is C20H27ClN2O2S. The fourth-order valence-electron chi connectivity index (χ4n) is 2.67. The molecule has 0 unspecified atom stereocenters. The molecule has 142 valence electrons. The minimum absolute atomic E-state index is 0.0720. The zero-order valence-corrected chi connectivity index (χ0v) is 17.0. The van der Waals surface area contributed by atoms with E-state index in [4.69, 9.17) is 16.3 Å². The number of morpholine rings is 1. The van der Waals surface area contributed by atoms with Crippen molar-refractivity contribution in [1.82, 2.24) is 10.2 Å². The van der Waals surface area contributed by atoms with Crippen molar-refractivity contribution in [3.05, 3.63) is 46.3 Å². The normalized spacial score (nSPS) is 14.4. The summed E-state index contributed by atoms with van der Waals surface area (Å²) in [6.07, 6.45) is 0.425. The fourth-order valence-corrected chi connectivity index (χ4v) is 3.86. The van der Waals surface area contributed by atoms with Gasteiger partial charge in [-0.3, -0.25) is 9.69 Å². The van der Waals surface area contributed by atoms with Crippen LogP contribution >= 0.6 is 22.9 Å². The Labute approximate surface area is 165 Å². The highest BCUT2D eigenvalue weighted by atomic mass is 35.5. The van der Waals surface area contributed by atoms with Gasteiger partial charge < -0.3 is 10.1 Å². The number of carbonyl (C=O) groups is 1. The van der Waals surface area contributed by atoms with Crippen LogP contribution in [-0.2, 0) is 16.0 Å². The van der Waals surface area contributed by atoms with Gasteiger partial charge in [-0.05, 0) is 29.8 Å². The van der Waals surface area contributed by atoms with E-state index in [0.29, 0.717) is 13.0 Å². The maximum absolute atomic E-state index is 12.1. The van der Waals surface area contributed by atoms with Crippen LogP contribution < -0.4 is 5.32 Å². The smallest absolute Gasteiger partial charge is 0.225 e. The van der Waals surface area contributed by atoms with Gasteiger partial charge >= 0.3 is 0 Å². The van der Waals surface area contributed by atoms with Crippen LogP contribution in [0.5, 0.6) is 0 Å². The zero-order chi connectivity index (χ0) is 18.8. The molecule has 26 heavy (non-hydrogen) atoms. The van der Waals surface area contributed by atoms with E-state index in [1.54, 1.807) is 11.3 Å². The number of benzene rings is 1. The van der Waals surface area contributed by atoms with Gasteiger partial charge in [0.2, 0.25) is 5.91 Å². The minimum atomic E-state index is 0.0720. The van der Waals surface area contributed by atoms with Crippen molar-refractivity contribution in [3.63, 3.8) is 0 Å². The van der Waals surface area contributed by atoms with E-state index in [1.807, 2.05) is 50.2 Å². The van der Waals surface area contributed by atoms with E-state index in [1.165, 1.54) is 0 Å². The lowest BCUT2D eigenvalue weighted by atomic mass is 10.2. The number of amides is 1. The standard InChI is InChI=1S/C18H21ClN2O2S.C2H6/c19-15-3-1-2-14(12-15)17-5-4-16(24-17)13-18(22)20-6-7-21-8-10-23-11-9-21;1-2/h1-5,12H,6-11,13H2,(H,20,22);1-2H3. The van der Waals surface area contributed by atoms with Gasteiger partial charge in [-0.15, -0.1) is 11.3 Å². The van der Waals surface area contributed by atoms with Crippen LogP contribution in [0.2, 0.25) is 5.02 Å². The lowest BCUT2D eigenvalue weighted by Crippen LogP contribution is -2.41. The van der Waals surface area contributed by atoms with Gasteiger partial charge in [-0.2, -0.15) is 0 Å². The average Bonchev–Trinajstić information content (AvgIpc) is 3.13. The number of hydrogen-bond acceptors (Lipinski definition) is 4. The number of hydrogen-bond donors (Lipinski definition) is 1. The molecule has 1 aromatic carbocycles. The Balaban J connectivity index is 0.00000117. The monoisotopic (exact) mass is 394 g/mol. The van der Waals surface area contributed by atoms with Crippen LogP contribution in [-0.4, -0.2) is 50.2 Å². The minimum Gasteiger partial charge on any atom is -0.379 e. The Bertz CT molecular complexity index is 684. The Kier molecular flexibility index (Phi) is 9.12. The summed E-state index contributed by atoms with van der Waals surface area (Å²) in [7, 11) is 0. The molecule has 4 nitrogen and oxygen atoms in total. The topological polar surface area (TPSA) is 41.6 Å². The Morgan fingerprint density at radius 1 is 1.23 bits per heavy atom. The third kappa shape index (κ3) is 6.72. The van der Waals surface area contributed by atoms with Crippen molar-refractivity contribution in [2.75, 3.05) is 39.4 Å². The molecule has 1 saturated heterocycles. The van der Waals surface area contributed by atoms with Gasteiger partial charge in [0.1, 0.15) is 0 Å². The van der Waals surface area contributed by atoms with E-state index in [-0.39, 0.29) is 5.91 Å². The number of halogens is 1. The summed E-state index contributed by atoms with van der Waals surface area (Å²) in [5, 5.41) is 3.73. The number of nitrogens with zero attached hydrogens (tertiary/aromatic N) is 1. The first-order chi connectivity index (χ1) is 12.7. The first-order valence-electron chi connectivity index (χ1n) is 9.12. The second-order valence-corrected chi connectivity index (χ2v) is 7.36. The first-order valence-corrected chi connectivity index (χ1v) is 10.3. The number of rotatable bonds is 6. The maximum atomic E-state index is 12.1. The van der Waals surface area contributed by atoms with E-state index in [0.717, 1.165) is 53.2 Å². The summed E-state index contributed by atoms with van der Waals surface area (Å²) < 4.78 is 5.32. The van der Waals surface area contributed by atoms with Crippen molar-refractivity contribution in [1.29, 1.82) is 0 Å². The van der Waals surface area contributed by atoms with Crippen LogP contribution in [0.3, 0.4) is 0 Å². The van der Waals surface area contributed by atoms with E-state index < -0.39 is 0 Å². The average molecular weight is 395 g/mol. The van der Waals surface area contributed by atoms with Crippen molar-refractivity contribution in [2.24, 2.45) is 0 Å². The summed E-state index contributed by atoms with van der Waals surface area (Å²) in [6, 6.07) is 11.8. The van der Waals surface area contributed by atoms with E-state index >= 15 is 0 Å². The molecule has 3 rings (SSSR count). The first kappa shape index (κ1) is 20.9. The number of nitrogens with one attached hydrogen (secondary N) is 1. The highest BCUT2D eigenvalue weighted by Crippen LogP contribution is 2.29. The quantitative estimate of drug-likeness (QED) is 0.802. The highest BCUT2D eigenvalue weighted by Gasteiger charge is 2.11. The Morgan fingerprint density at radius 2 is 2.00 bits per heavy atom. The van der Waals surface area contributed by atoms with Crippen molar-refractivity contribution in [3.8, 4) is 10.4 Å². The summed E-state index contributed by atoms with van der Waals surface area (Å²) in [5.41, 5.74) is 1.09. The molecule has 2 aromatic rings. The number of ether oxygens (including phenoxy) is 1. The van der Waals surface area contributed by atoms with Gasteiger partial charge in [-0.25, -0.2) is 0 Å². The fraction of sp³-hybridized carbons (Fsp3) is 0.450. The molecule has 1 aliphatic heterocycles. The molecule has 1 N–H and O–H groups in total. The van der Waals surface area contributed by atoms with Crippen LogP contribution in [0, 0.1) is 0 Å². The summed E-state index contributed by atoms with van der Waals surface area (Å²) in [5.74, 6) is 0.0720. The molecule has 2 heterocycles. The van der Waals surface area contributed by atoms with Crippen LogP contribution in [0.15, 0.2) is 36.4 Å². The summed E-state index contributed by atoms with van der Waals surface area (Å²) in [6.45, 7) is 9.04. The molecular weight excluding hydrogens is 368 g/mol. The zero-order valence-electron chi connectivity index (χ0n) is 15.5. The molecule has 1 fully saturated rings. The van der Waals surface area contributed by atoms with Crippen LogP contribution in [0.25, 0.3) is 10.4 Å². The van der Waals surface area contributed by atoms with E-state index in [2.05, 4.69) is 10.2 Å². The molecule has 0 bridgehead atoms. The molecule has 6 heteroatoms. The third-order valence-corrected chi connectivity index (χ3v) is 5.33. The Hall–Kier alpha value is -1.40. The summed E-state index contributed by atoms with van der Waals surface area (Å²) in [4.78, 5) is 16.6. The molecule has 0 atom stereocenters. The van der Waals surface area contributed by atoms with Crippen molar-refractivity contribution in [2.45, 2.75) is 20.3 Å². The van der Waals surface area contributed by atoms with Gasteiger partial charge in [-0.1, -0.05) is 37.6 Å². The molecule has 1 aliphatic rings. The SMILES string of the molecule is CC.O=C(Cc1ccc(-c2cccc(Cl)c2)s1)NCCN1CCOCC1. The summed E-state index contributed by atoms with van der Waals surface area (Å²) >= 11 is 7.67. The lowest BCUT2D eigenvalue weighted by molar-refractivity contribution is -0.120. The molecule has 0 spiro atoms.